The number of carbonyl (C=O) groups excluding carboxylic acids is 1. The van der Waals surface area contributed by atoms with Crippen LogP contribution in [0.15, 0.2) is 12.1 Å². The lowest BCUT2D eigenvalue weighted by molar-refractivity contribution is 0.0932. The molecule has 3 nitrogen and oxygen atoms in total. The summed E-state index contributed by atoms with van der Waals surface area (Å²) >= 11 is 0. The highest BCUT2D eigenvalue weighted by Gasteiger charge is 2.32. The molecule has 19 heavy (non-hydrogen) atoms. The van der Waals surface area contributed by atoms with Gasteiger partial charge in [0.05, 0.1) is 5.56 Å². The van der Waals surface area contributed by atoms with Gasteiger partial charge in [-0.2, -0.15) is 0 Å². The van der Waals surface area contributed by atoms with Gasteiger partial charge in [-0.05, 0) is 49.3 Å². The largest absolute Gasteiger partial charge is 0.399 e. The molecule has 4 heteroatoms. The Morgan fingerprint density at radius 1 is 1.47 bits per heavy atom. The van der Waals surface area contributed by atoms with Gasteiger partial charge < -0.3 is 11.1 Å². The van der Waals surface area contributed by atoms with Gasteiger partial charge in [-0.25, -0.2) is 4.39 Å². The molecule has 1 saturated carbocycles. The number of nitrogens with one attached hydrogen (secondary N) is 1. The van der Waals surface area contributed by atoms with Crippen molar-refractivity contribution in [2.24, 2.45) is 5.41 Å². The van der Waals surface area contributed by atoms with Gasteiger partial charge in [-0.3, -0.25) is 4.79 Å². The van der Waals surface area contributed by atoms with Crippen molar-refractivity contribution < 1.29 is 9.18 Å². The molecule has 0 saturated heterocycles. The van der Waals surface area contributed by atoms with E-state index in [1.807, 2.05) is 0 Å². The summed E-state index contributed by atoms with van der Waals surface area (Å²) in [4.78, 5) is 12.1. The molecule has 0 spiro atoms. The molecular weight excluding hydrogens is 243 g/mol. The predicted molar refractivity (Wildman–Crippen MR) is 74.4 cm³/mol. The summed E-state index contributed by atoms with van der Waals surface area (Å²) in [6.07, 6.45) is 2.96. The zero-order valence-electron chi connectivity index (χ0n) is 11.7. The van der Waals surface area contributed by atoms with Crippen molar-refractivity contribution in [3.63, 3.8) is 0 Å². The van der Waals surface area contributed by atoms with Crippen LogP contribution in [0.5, 0.6) is 0 Å². The molecule has 1 fully saturated rings. The summed E-state index contributed by atoms with van der Waals surface area (Å²) in [6.45, 7) is 5.98. The fourth-order valence-corrected chi connectivity index (χ4v) is 2.79. The van der Waals surface area contributed by atoms with E-state index in [4.69, 9.17) is 5.73 Å². The van der Waals surface area contributed by atoms with Crippen LogP contribution in [-0.4, -0.2) is 11.9 Å². The summed E-state index contributed by atoms with van der Waals surface area (Å²) in [7, 11) is 0. The molecule has 0 radical (unpaired) electrons. The third-order valence-electron chi connectivity index (χ3n) is 3.83. The summed E-state index contributed by atoms with van der Waals surface area (Å²) in [5.41, 5.74) is 6.78. The van der Waals surface area contributed by atoms with Crippen LogP contribution in [0.1, 0.15) is 49.0 Å². The molecule has 1 atom stereocenters. The number of aryl methyl sites for hydroxylation is 1. The highest BCUT2D eigenvalue weighted by atomic mass is 19.1. The van der Waals surface area contributed by atoms with Crippen LogP contribution < -0.4 is 11.1 Å². The lowest BCUT2D eigenvalue weighted by atomic mass is 9.92. The van der Waals surface area contributed by atoms with E-state index >= 15 is 0 Å². The van der Waals surface area contributed by atoms with Crippen molar-refractivity contribution in [3.8, 4) is 0 Å². The first kappa shape index (κ1) is 13.8. The summed E-state index contributed by atoms with van der Waals surface area (Å²) < 4.78 is 13.9. The Hall–Kier alpha value is -1.58. The number of anilines is 1. The van der Waals surface area contributed by atoms with Crippen molar-refractivity contribution in [1.29, 1.82) is 0 Å². The van der Waals surface area contributed by atoms with E-state index in [-0.39, 0.29) is 22.9 Å². The van der Waals surface area contributed by atoms with Crippen molar-refractivity contribution in [1.82, 2.24) is 5.32 Å². The molecule has 0 aromatic heterocycles. The first-order chi connectivity index (χ1) is 8.78. The van der Waals surface area contributed by atoms with Gasteiger partial charge in [0.1, 0.15) is 5.82 Å². The summed E-state index contributed by atoms with van der Waals surface area (Å²) in [5.74, 6) is -0.848. The number of nitrogens with two attached hydrogens (primary N) is 1. The Bertz CT molecular complexity index is 511. The Balaban J connectivity index is 2.13. The normalized spacial score (nSPS) is 21.4. The third-order valence-corrected chi connectivity index (χ3v) is 3.83. The quantitative estimate of drug-likeness (QED) is 0.807. The maximum atomic E-state index is 13.9. The molecule has 0 heterocycles. The molecule has 1 aromatic rings. The number of carbonyl (C=O) groups is 1. The molecule has 0 bridgehead atoms. The summed E-state index contributed by atoms with van der Waals surface area (Å²) in [6, 6.07) is 3.06. The number of hydrogen-bond donors (Lipinski definition) is 2. The first-order valence-electron chi connectivity index (χ1n) is 6.65. The monoisotopic (exact) mass is 264 g/mol. The number of hydrogen-bond acceptors (Lipinski definition) is 2. The van der Waals surface area contributed by atoms with Gasteiger partial charge in [0, 0.05) is 11.7 Å². The van der Waals surface area contributed by atoms with Crippen LogP contribution in [0.3, 0.4) is 0 Å². The van der Waals surface area contributed by atoms with E-state index in [9.17, 15) is 9.18 Å². The SMILES string of the molecule is Cc1cc(N)cc(C(=O)NC2CCC(C)(C)C2)c1F. The number of nitrogen functional groups attached to an aromatic ring is 1. The average molecular weight is 264 g/mol. The average Bonchev–Trinajstić information content (AvgIpc) is 2.63. The minimum absolute atomic E-state index is 0.0437. The van der Waals surface area contributed by atoms with Gasteiger partial charge in [-0.1, -0.05) is 13.8 Å². The fraction of sp³-hybridized carbons (Fsp3) is 0.533. The van der Waals surface area contributed by atoms with Crippen LogP contribution >= 0.6 is 0 Å². The van der Waals surface area contributed by atoms with Crippen LogP contribution in [0.4, 0.5) is 10.1 Å². The van der Waals surface area contributed by atoms with Crippen LogP contribution in [-0.2, 0) is 0 Å². The van der Waals surface area contributed by atoms with E-state index in [1.165, 1.54) is 12.1 Å². The Morgan fingerprint density at radius 3 is 2.74 bits per heavy atom. The second-order valence-electron chi connectivity index (χ2n) is 6.28. The minimum Gasteiger partial charge on any atom is -0.399 e. The second kappa shape index (κ2) is 4.83. The molecule has 2 rings (SSSR count). The van der Waals surface area contributed by atoms with E-state index in [1.54, 1.807) is 6.92 Å². The van der Waals surface area contributed by atoms with Gasteiger partial charge in [-0.15, -0.1) is 0 Å². The number of benzene rings is 1. The van der Waals surface area contributed by atoms with E-state index in [0.717, 1.165) is 19.3 Å². The second-order valence-corrected chi connectivity index (χ2v) is 6.28. The molecule has 1 aromatic carbocycles. The molecule has 1 aliphatic carbocycles. The highest BCUT2D eigenvalue weighted by molar-refractivity contribution is 5.95. The van der Waals surface area contributed by atoms with E-state index in [0.29, 0.717) is 11.3 Å². The molecule has 104 valence electrons. The van der Waals surface area contributed by atoms with Crippen molar-refractivity contribution in [2.45, 2.75) is 46.1 Å². The van der Waals surface area contributed by atoms with Crippen molar-refractivity contribution in [2.75, 3.05) is 5.73 Å². The van der Waals surface area contributed by atoms with Crippen molar-refractivity contribution >= 4 is 11.6 Å². The molecule has 1 amide bonds. The summed E-state index contributed by atoms with van der Waals surface area (Å²) in [5, 5.41) is 2.91. The number of halogens is 1. The van der Waals surface area contributed by atoms with Gasteiger partial charge in [0.15, 0.2) is 0 Å². The molecular formula is C15H21FN2O. The van der Waals surface area contributed by atoms with E-state index in [2.05, 4.69) is 19.2 Å². The Kier molecular flexibility index (Phi) is 3.52. The Labute approximate surface area is 113 Å². The molecule has 3 N–H and O–H groups in total. The standard InChI is InChI=1S/C15H21FN2O/c1-9-6-10(17)7-12(13(9)16)14(19)18-11-4-5-15(2,3)8-11/h6-7,11H,4-5,8,17H2,1-3H3,(H,18,19). The fourth-order valence-electron chi connectivity index (χ4n) is 2.79. The lowest BCUT2D eigenvalue weighted by Crippen LogP contribution is -2.34. The van der Waals surface area contributed by atoms with Crippen LogP contribution in [0.2, 0.25) is 0 Å². The minimum atomic E-state index is -0.482. The van der Waals surface area contributed by atoms with Crippen LogP contribution in [0, 0.1) is 18.2 Å². The first-order valence-corrected chi connectivity index (χ1v) is 6.65. The maximum Gasteiger partial charge on any atom is 0.254 e. The number of rotatable bonds is 2. The highest BCUT2D eigenvalue weighted by Crippen LogP contribution is 2.37. The van der Waals surface area contributed by atoms with Gasteiger partial charge in [0.2, 0.25) is 0 Å². The van der Waals surface area contributed by atoms with Crippen LogP contribution in [0.25, 0.3) is 0 Å². The maximum absolute atomic E-state index is 13.9. The molecule has 1 aliphatic rings. The third kappa shape index (κ3) is 3.06. The van der Waals surface area contributed by atoms with Gasteiger partial charge in [0.25, 0.3) is 5.91 Å². The number of amides is 1. The van der Waals surface area contributed by atoms with E-state index < -0.39 is 5.82 Å². The van der Waals surface area contributed by atoms with Crippen molar-refractivity contribution in [3.05, 3.63) is 29.1 Å². The lowest BCUT2D eigenvalue weighted by Gasteiger charge is -2.18. The van der Waals surface area contributed by atoms with Gasteiger partial charge >= 0.3 is 0 Å². The molecule has 1 unspecified atom stereocenters. The topological polar surface area (TPSA) is 55.1 Å². The smallest absolute Gasteiger partial charge is 0.254 e. The Morgan fingerprint density at radius 2 is 2.16 bits per heavy atom. The zero-order chi connectivity index (χ0) is 14.2. The molecule has 0 aliphatic heterocycles. The predicted octanol–water partition coefficient (Wildman–Crippen LogP) is 3.02. The zero-order valence-corrected chi connectivity index (χ0v) is 11.7.